The molecule has 0 aliphatic rings. The van der Waals surface area contributed by atoms with E-state index < -0.39 is 27.5 Å². The Balaban J connectivity index is 0.000000422. The van der Waals surface area contributed by atoms with Gasteiger partial charge in [-0.25, -0.2) is 4.98 Å². The molecule has 7 heteroatoms. The fraction of sp³-hybridized carbons (Fsp3) is 0.489. The van der Waals surface area contributed by atoms with Crippen molar-refractivity contribution in [3.05, 3.63) is 78.3 Å². The number of fused-ring (bicyclic) bond motifs is 4. The molecule has 0 unspecified atom stereocenters. The van der Waals surface area contributed by atoms with E-state index in [1.807, 2.05) is 6.07 Å². The van der Waals surface area contributed by atoms with Crippen LogP contribution in [0.3, 0.4) is 0 Å². The molecule has 0 saturated carbocycles. The first-order valence-electron chi connectivity index (χ1n) is 22.5. The second kappa shape index (κ2) is 17.6. The Labute approximate surface area is 345 Å². The van der Waals surface area contributed by atoms with Crippen LogP contribution in [0.4, 0.5) is 0 Å². The maximum atomic E-state index is 12.3. The second-order valence-corrected chi connectivity index (χ2v) is 19.6. The molecular weight excluding hydrogens is 853 g/mol. The van der Waals surface area contributed by atoms with Crippen molar-refractivity contribution in [3.63, 3.8) is 0 Å². The van der Waals surface area contributed by atoms with Gasteiger partial charge in [0, 0.05) is 70.8 Å². The van der Waals surface area contributed by atoms with Gasteiger partial charge in [-0.2, -0.15) is 0 Å². The number of aliphatic hydroxyl groups excluding tert-OH is 1. The molecule has 2 aromatic heterocycles. The number of hydrogen-bond donors (Lipinski definition) is 1. The Kier molecular flexibility index (Phi) is 10.7. The van der Waals surface area contributed by atoms with Crippen molar-refractivity contribution in [2.45, 2.75) is 102 Å². The molecule has 5 aromatic rings. The molecule has 0 spiro atoms. The summed E-state index contributed by atoms with van der Waals surface area (Å²) in [5, 5.41) is 11.7. The molecule has 4 nitrogen and oxygen atoms in total. The average Bonchev–Trinajstić information content (AvgIpc) is 3.43. The maximum Gasteiger partial charge on any atom is 0.162 e. The summed E-state index contributed by atoms with van der Waals surface area (Å²) < 4.78 is 77.0. The number of hydrogen-bond acceptors (Lipinski definition) is 5. The van der Waals surface area contributed by atoms with Crippen LogP contribution in [0.15, 0.2) is 66.7 Å². The zero-order valence-electron chi connectivity index (χ0n) is 41.4. The van der Waals surface area contributed by atoms with Gasteiger partial charge in [-0.15, -0.1) is 40.1 Å². The number of aliphatic hydroxyl groups is 1. The number of rotatable bonds is 10. The van der Waals surface area contributed by atoms with Crippen molar-refractivity contribution in [3.8, 4) is 11.3 Å². The fourth-order valence-corrected chi connectivity index (χ4v) is 9.63. The molecule has 52 heavy (non-hydrogen) atoms. The largest absolute Gasteiger partial charge is 0.512 e. The van der Waals surface area contributed by atoms with Crippen LogP contribution in [0.5, 0.6) is 0 Å². The van der Waals surface area contributed by atoms with Crippen LogP contribution in [0, 0.1) is 47.0 Å². The van der Waals surface area contributed by atoms with Gasteiger partial charge in [0.2, 0.25) is 0 Å². The number of carbonyl (C=O) groups is 1. The monoisotopic (exact) mass is 923 g/mol. The van der Waals surface area contributed by atoms with Gasteiger partial charge in [-0.1, -0.05) is 137 Å². The minimum Gasteiger partial charge on any atom is -0.512 e. The molecule has 0 amide bonds. The van der Waals surface area contributed by atoms with Crippen LogP contribution < -0.4 is 5.19 Å². The van der Waals surface area contributed by atoms with Crippen molar-refractivity contribution in [2.24, 2.45) is 40.9 Å². The van der Waals surface area contributed by atoms with Gasteiger partial charge in [-0.3, -0.25) is 9.78 Å². The van der Waals surface area contributed by atoms with Gasteiger partial charge in [0.25, 0.3) is 0 Å². The normalized spacial score (nSPS) is 16.2. The minimum absolute atomic E-state index is 0. The summed E-state index contributed by atoms with van der Waals surface area (Å²) in [4.78, 5) is 21.4. The van der Waals surface area contributed by atoms with Crippen molar-refractivity contribution in [2.75, 3.05) is 0 Å². The van der Waals surface area contributed by atoms with Gasteiger partial charge < -0.3 is 5.11 Å². The van der Waals surface area contributed by atoms with Crippen molar-refractivity contribution in [1.82, 2.24) is 9.97 Å². The predicted molar refractivity (Wildman–Crippen MR) is 225 cm³/mol. The molecule has 283 valence electrons. The third-order valence-electron chi connectivity index (χ3n) is 9.32. The molecule has 3 aromatic carbocycles. The summed E-state index contributed by atoms with van der Waals surface area (Å²) >= 11 is 1.49. The Morgan fingerprint density at radius 1 is 0.885 bits per heavy atom. The number of nitrogens with zero attached hydrogens (tertiary/aromatic N) is 2. The Hall–Kier alpha value is -2.70. The third-order valence-corrected chi connectivity index (χ3v) is 11.7. The van der Waals surface area contributed by atoms with Gasteiger partial charge in [0.05, 0.1) is 19.3 Å². The van der Waals surface area contributed by atoms with E-state index in [0.717, 1.165) is 21.2 Å². The van der Waals surface area contributed by atoms with Crippen molar-refractivity contribution < 1.29 is 42.3 Å². The van der Waals surface area contributed by atoms with E-state index in [-0.39, 0.29) is 59.5 Å². The number of ketones is 1. The fourth-order valence-electron chi connectivity index (χ4n) is 7.42. The second-order valence-electron chi connectivity index (χ2n) is 16.5. The van der Waals surface area contributed by atoms with Crippen molar-refractivity contribution in [1.29, 1.82) is 0 Å². The first kappa shape index (κ1) is 31.6. The number of carbonyl (C=O) groups excluding carboxylic acids is 1. The van der Waals surface area contributed by atoms with Crippen LogP contribution in [-0.4, -0.2) is 28.9 Å². The standard InChI is InChI=1S/C28H29N2SSi.C17H32O2.Ir/c1-28(2,3)16-18-11-12-22-23(13-18)31-27-25(29-17-30-26(22)27)20-14-19-9-7-8-10-21(19)24(15-20)32(4,5)6;1-10(2)16(11(3)4)14(18)9-15(19)17(12(5)6)13(7)8;/h7-13,15,17H,16H2,1-6H3;9-13,16-18H,1-8H3;/q-1;;/b;14-9-;/i4D3,5D3,6D3;;. The molecule has 5 rings (SSSR count). The molecule has 1 radical (unpaired) electrons. The Morgan fingerprint density at radius 3 is 2.08 bits per heavy atom. The number of aromatic nitrogens is 2. The topological polar surface area (TPSA) is 63.1 Å². The molecule has 0 aliphatic heterocycles. The minimum atomic E-state index is -5.29. The van der Waals surface area contributed by atoms with Crippen LogP contribution in [0.1, 0.15) is 94.1 Å². The molecule has 1 N–H and O–H groups in total. The van der Waals surface area contributed by atoms with E-state index in [1.165, 1.54) is 35.4 Å². The predicted octanol–water partition coefficient (Wildman–Crippen LogP) is 12.4. The van der Waals surface area contributed by atoms with E-state index in [0.29, 0.717) is 45.8 Å². The molecular formula is C45H61IrN2O2SSi-. The van der Waals surface area contributed by atoms with Crippen molar-refractivity contribution >= 4 is 61.5 Å². The van der Waals surface area contributed by atoms with Crippen LogP contribution in [0.2, 0.25) is 19.4 Å². The van der Waals surface area contributed by atoms with Gasteiger partial charge in [0.15, 0.2) is 5.78 Å². The first-order valence-corrected chi connectivity index (χ1v) is 20.8. The van der Waals surface area contributed by atoms with E-state index in [1.54, 1.807) is 24.3 Å². The van der Waals surface area contributed by atoms with Gasteiger partial charge in [0.1, 0.15) is 6.33 Å². The van der Waals surface area contributed by atoms with E-state index in [9.17, 15) is 9.90 Å². The summed E-state index contributed by atoms with van der Waals surface area (Å²) in [5.41, 5.74) is 2.80. The number of allylic oxidation sites excluding steroid dienone is 2. The summed E-state index contributed by atoms with van der Waals surface area (Å²) in [6.07, 6.45) is 3.79. The molecule has 0 aliphatic carbocycles. The number of benzene rings is 3. The molecule has 0 saturated heterocycles. The first-order chi connectivity index (χ1) is 27.4. The zero-order valence-corrected chi connectivity index (χ0v) is 36.6. The van der Waals surface area contributed by atoms with Crippen LogP contribution >= 0.6 is 11.3 Å². The SMILES string of the molecule is CC(C)C(C(=O)/C=C(\O)C(C(C)C)C(C)C)C(C)C.[2H]C([2H])([2H])[Si](c1cc(-c2ncnc3c2sc2cc(CC(C)(C)C)ccc23)[c-]c2ccccc12)(C([2H])([2H])[2H])C([2H])([2H])[2H].[Ir]. The quantitative estimate of drug-likeness (QED) is 0.0656. The maximum absolute atomic E-state index is 12.3. The third kappa shape index (κ3) is 10.5. The smallest absolute Gasteiger partial charge is 0.162 e. The summed E-state index contributed by atoms with van der Waals surface area (Å²) in [6, 6.07) is 17.6. The van der Waals surface area contributed by atoms with Gasteiger partial charge >= 0.3 is 0 Å². The van der Waals surface area contributed by atoms with Gasteiger partial charge in [-0.05, 0) is 47.1 Å². The zero-order chi connectivity index (χ0) is 45.5. The Bertz CT molecular complexity index is 2290. The molecule has 0 bridgehead atoms. The Morgan fingerprint density at radius 2 is 1.50 bits per heavy atom. The van der Waals surface area contributed by atoms with E-state index in [2.05, 4.69) is 104 Å². The van der Waals surface area contributed by atoms with E-state index >= 15 is 0 Å². The average molecular weight is 923 g/mol. The van der Waals surface area contributed by atoms with E-state index in [4.69, 9.17) is 12.3 Å². The summed E-state index contributed by atoms with van der Waals surface area (Å²) in [7, 11) is -5.29. The number of thiophene rings is 1. The summed E-state index contributed by atoms with van der Waals surface area (Å²) in [6.45, 7) is 13.4. The molecule has 0 fully saturated rings. The summed E-state index contributed by atoms with van der Waals surface area (Å²) in [5.74, 6) is 1.63. The van der Waals surface area contributed by atoms with Crippen LogP contribution in [0.25, 0.3) is 42.3 Å². The molecule has 2 heterocycles. The van der Waals surface area contributed by atoms with Crippen LogP contribution in [-0.2, 0) is 31.3 Å². The molecule has 0 atom stereocenters.